The van der Waals surface area contributed by atoms with Crippen molar-refractivity contribution in [1.29, 1.82) is 0 Å². The molecule has 2 nitrogen and oxygen atoms in total. The number of hydrogen-bond donors (Lipinski definition) is 0. The van der Waals surface area contributed by atoms with Gasteiger partial charge in [0.05, 0.1) is 6.61 Å². The first-order valence-corrected chi connectivity index (χ1v) is 5.53. The standard InChI is InChI=1S/C12H15ClO2/c1-3-15-12-6-10(7-13)4-5-11(12)9(2)8-14/h4-6,8-9H,3,7H2,1-2H3. The van der Waals surface area contributed by atoms with Crippen LogP contribution in [0.4, 0.5) is 0 Å². The van der Waals surface area contributed by atoms with Gasteiger partial charge in [0.1, 0.15) is 12.0 Å². The number of rotatable bonds is 5. The van der Waals surface area contributed by atoms with E-state index >= 15 is 0 Å². The van der Waals surface area contributed by atoms with Gasteiger partial charge in [-0.25, -0.2) is 0 Å². The molecule has 82 valence electrons. The van der Waals surface area contributed by atoms with Gasteiger partial charge in [-0.15, -0.1) is 11.6 Å². The minimum atomic E-state index is -0.143. The van der Waals surface area contributed by atoms with Crippen LogP contribution < -0.4 is 4.74 Å². The Morgan fingerprint density at radius 1 is 1.53 bits per heavy atom. The van der Waals surface area contributed by atoms with Gasteiger partial charge in [-0.05, 0) is 18.6 Å². The van der Waals surface area contributed by atoms with Crippen molar-refractivity contribution in [3.8, 4) is 5.75 Å². The van der Waals surface area contributed by atoms with E-state index in [0.717, 1.165) is 23.2 Å². The summed E-state index contributed by atoms with van der Waals surface area (Å²) >= 11 is 5.74. The van der Waals surface area contributed by atoms with Crippen LogP contribution in [0.3, 0.4) is 0 Å². The van der Waals surface area contributed by atoms with Crippen LogP contribution in [0.5, 0.6) is 5.75 Å². The van der Waals surface area contributed by atoms with Gasteiger partial charge in [0.25, 0.3) is 0 Å². The third kappa shape index (κ3) is 2.96. The largest absolute Gasteiger partial charge is 0.494 e. The first kappa shape index (κ1) is 12.1. The lowest BCUT2D eigenvalue weighted by atomic mass is 10.0. The van der Waals surface area contributed by atoms with Crippen LogP contribution in [0.15, 0.2) is 18.2 Å². The Balaban J connectivity index is 3.08. The van der Waals surface area contributed by atoms with Crippen LogP contribution in [0.1, 0.15) is 30.9 Å². The molecule has 0 aliphatic heterocycles. The van der Waals surface area contributed by atoms with Gasteiger partial charge in [-0.2, -0.15) is 0 Å². The molecule has 1 atom stereocenters. The molecule has 0 saturated heterocycles. The fourth-order valence-electron chi connectivity index (χ4n) is 1.39. The van der Waals surface area contributed by atoms with Gasteiger partial charge in [-0.1, -0.05) is 19.1 Å². The number of benzene rings is 1. The third-order valence-electron chi connectivity index (χ3n) is 2.23. The zero-order chi connectivity index (χ0) is 11.3. The van der Waals surface area contributed by atoms with Crippen LogP contribution in [0.25, 0.3) is 0 Å². The molecule has 3 heteroatoms. The maximum Gasteiger partial charge on any atom is 0.127 e. The summed E-state index contributed by atoms with van der Waals surface area (Å²) in [5.41, 5.74) is 1.92. The van der Waals surface area contributed by atoms with Crippen LogP contribution in [-0.2, 0) is 10.7 Å². The summed E-state index contributed by atoms with van der Waals surface area (Å²) in [5.74, 6) is 1.07. The molecule has 0 aromatic heterocycles. The molecule has 0 fully saturated rings. The van der Waals surface area contributed by atoms with Crippen molar-refractivity contribution in [2.24, 2.45) is 0 Å². The molecule has 0 spiro atoms. The lowest BCUT2D eigenvalue weighted by Gasteiger charge is -2.13. The molecule has 0 N–H and O–H groups in total. The van der Waals surface area contributed by atoms with E-state index in [9.17, 15) is 4.79 Å². The SMILES string of the molecule is CCOc1cc(CCl)ccc1C(C)C=O. The molecule has 0 radical (unpaired) electrons. The molecule has 1 aromatic rings. The molecule has 0 bridgehead atoms. The summed E-state index contributed by atoms with van der Waals surface area (Å²) in [6, 6.07) is 5.72. The number of hydrogen-bond acceptors (Lipinski definition) is 2. The van der Waals surface area contributed by atoms with Crippen molar-refractivity contribution in [3.63, 3.8) is 0 Å². The van der Waals surface area contributed by atoms with Crippen molar-refractivity contribution in [3.05, 3.63) is 29.3 Å². The Morgan fingerprint density at radius 3 is 2.80 bits per heavy atom. The Bertz CT molecular complexity index is 336. The first-order chi connectivity index (χ1) is 7.22. The second kappa shape index (κ2) is 5.76. The maximum atomic E-state index is 10.7. The van der Waals surface area contributed by atoms with Crippen molar-refractivity contribution >= 4 is 17.9 Å². The van der Waals surface area contributed by atoms with E-state index in [-0.39, 0.29) is 5.92 Å². The number of carbonyl (C=O) groups is 1. The summed E-state index contributed by atoms with van der Waals surface area (Å²) in [6.45, 7) is 4.36. The highest BCUT2D eigenvalue weighted by atomic mass is 35.5. The second-order valence-corrected chi connectivity index (χ2v) is 3.63. The highest BCUT2D eigenvalue weighted by Gasteiger charge is 2.11. The summed E-state index contributed by atoms with van der Waals surface area (Å²) in [7, 11) is 0. The van der Waals surface area contributed by atoms with E-state index in [1.165, 1.54) is 0 Å². The second-order valence-electron chi connectivity index (χ2n) is 3.36. The molecule has 0 aliphatic rings. The Hall–Kier alpha value is -1.02. The lowest BCUT2D eigenvalue weighted by molar-refractivity contribution is -0.108. The molecular weight excluding hydrogens is 212 g/mol. The van der Waals surface area contributed by atoms with Gasteiger partial charge >= 0.3 is 0 Å². The Morgan fingerprint density at radius 2 is 2.27 bits per heavy atom. The number of carbonyl (C=O) groups excluding carboxylic acids is 1. The van der Waals surface area contributed by atoms with E-state index in [4.69, 9.17) is 16.3 Å². The number of aldehydes is 1. The van der Waals surface area contributed by atoms with Crippen molar-refractivity contribution in [1.82, 2.24) is 0 Å². The van der Waals surface area contributed by atoms with Gasteiger partial charge in [0.15, 0.2) is 0 Å². The predicted molar refractivity (Wildman–Crippen MR) is 61.6 cm³/mol. The smallest absolute Gasteiger partial charge is 0.127 e. The van der Waals surface area contributed by atoms with E-state index < -0.39 is 0 Å². The molecule has 0 saturated carbocycles. The van der Waals surface area contributed by atoms with Crippen molar-refractivity contribution < 1.29 is 9.53 Å². The zero-order valence-electron chi connectivity index (χ0n) is 9.00. The van der Waals surface area contributed by atoms with Crippen molar-refractivity contribution in [2.75, 3.05) is 6.61 Å². The first-order valence-electron chi connectivity index (χ1n) is 4.99. The number of halogens is 1. The molecule has 1 aromatic carbocycles. The van der Waals surface area contributed by atoms with Gasteiger partial charge < -0.3 is 9.53 Å². The van der Waals surface area contributed by atoms with Crippen LogP contribution in [0, 0.1) is 0 Å². The van der Waals surface area contributed by atoms with E-state index in [1.807, 2.05) is 32.0 Å². The average molecular weight is 227 g/mol. The van der Waals surface area contributed by atoms with Crippen LogP contribution in [-0.4, -0.2) is 12.9 Å². The lowest BCUT2D eigenvalue weighted by Crippen LogP contribution is -2.01. The van der Waals surface area contributed by atoms with Crippen LogP contribution >= 0.6 is 11.6 Å². The molecule has 1 unspecified atom stereocenters. The summed E-state index contributed by atoms with van der Waals surface area (Å²) < 4.78 is 5.48. The minimum Gasteiger partial charge on any atom is -0.494 e. The Labute approximate surface area is 95.2 Å². The Kier molecular flexibility index (Phi) is 4.63. The van der Waals surface area contributed by atoms with Gasteiger partial charge in [-0.3, -0.25) is 0 Å². The molecular formula is C12H15ClO2. The number of alkyl halides is 1. The summed E-state index contributed by atoms with van der Waals surface area (Å²) in [5, 5.41) is 0. The van der Waals surface area contributed by atoms with Gasteiger partial charge in [0.2, 0.25) is 0 Å². The molecule has 1 rings (SSSR count). The normalized spacial score (nSPS) is 12.2. The molecule has 0 aliphatic carbocycles. The molecule has 15 heavy (non-hydrogen) atoms. The van der Waals surface area contributed by atoms with Gasteiger partial charge in [0, 0.05) is 17.4 Å². The van der Waals surface area contributed by atoms with Crippen LogP contribution in [0.2, 0.25) is 0 Å². The average Bonchev–Trinajstić information content (AvgIpc) is 2.28. The fraction of sp³-hybridized carbons (Fsp3) is 0.417. The van der Waals surface area contributed by atoms with E-state index in [1.54, 1.807) is 0 Å². The third-order valence-corrected chi connectivity index (χ3v) is 2.54. The summed E-state index contributed by atoms with van der Waals surface area (Å²) in [6.07, 6.45) is 0.915. The highest BCUT2D eigenvalue weighted by Crippen LogP contribution is 2.27. The summed E-state index contributed by atoms with van der Waals surface area (Å²) in [4.78, 5) is 10.7. The minimum absolute atomic E-state index is 0.143. The topological polar surface area (TPSA) is 26.3 Å². The highest BCUT2D eigenvalue weighted by molar-refractivity contribution is 6.17. The molecule has 0 amide bonds. The quantitative estimate of drug-likeness (QED) is 0.570. The predicted octanol–water partition coefficient (Wildman–Crippen LogP) is 3.13. The number of ether oxygens (including phenoxy) is 1. The maximum absolute atomic E-state index is 10.7. The fourth-order valence-corrected chi connectivity index (χ4v) is 1.56. The van der Waals surface area contributed by atoms with Crippen molar-refractivity contribution in [2.45, 2.75) is 25.6 Å². The molecule has 0 heterocycles. The zero-order valence-corrected chi connectivity index (χ0v) is 9.75. The van der Waals surface area contributed by atoms with E-state index in [2.05, 4.69) is 0 Å². The van der Waals surface area contributed by atoms with E-state index in [0.29, 0.717) is 12.5 Å². The monoisotopic (exact) mass is 226 g/mol.